The van der Waals surface area contributed by atoms with Crippen LogP contribution in [0.15, 0.2) is 22.7 Å². The zero-order valence-corrected chi connectivity index (χ0v) is 10.8. The summed E-state index contributed by atoms with van der Waals surface area (Å²) in [5, 5.41) is 12.6. The van der Waals surface area contributed by atoms with Crippen LogP contribution in [0.1, 0.15) is 30.1 Å². The summed E-state index contributed by atoms with van der Waals surface area (Å²) >= 11 is 5.93. The van der Waals surface area contributed by atoms with Crippen molar-refractivity contribution < 1.29 is 8.91 Å². The van der Waals surface area contributed by atoms with Crippen LogP contribution in [0.2, 0.25) is 5.02 Å². The van der Waals surface area contributed by atoms with E-state index in [0.29, 0.717) is 41.6 Å². The van der Waals surface area contributed by atoms with Crippen molar-refractivity contribution in [3.63, 3.8) is 0 Å². The number of aryl methyl sites for hydroxylation is 1. The van der Waals surface area contributed by atoms with E-state index in [1.54, 1.807) is 12.1 Å². The van der Waals surface area contributed by atoms with Crippen molar-refractivity contribution in [2.45, 2.75) is 25.7 Å². The van der Waals surface area contributed by atoms with Crippen molar-refractivity contribution in [3.8, 4) is 6.07 Å². The van der Waals surface area contributed by atoms with Gasteiger partial charge in [0.25, 0.3) is 0 Å². The van der Waals surface area contributed by atoms with E-state index >= 15 is 0 Å². The number of nitrogens with zero attached hydrogens (tertiary/aromatic N) is 3. The van der Waals surface area contributed by atoms with Crippen LogP contribution < -0.4 is 0 Å². The largest absolute Gasteiger partial charge is 0.339 e. The third-order valence-electron chi connectivity index (χ3n) is 2.59. The van der Waals surface area contributed by atoms with Gasteiger partial charge in [-0.2, -0.15) is 10.2 Å². The molecule has 98 valence electrons. The predicted molar refractivity (Wildman–Crippen MR) is 67.1 cm³/mol. The Morgan fingerprint density at radius 2 is 2.26 bits per heavy atom. The second-order valence-corrected chi connectivity index (χ2v) is 4.40. The lowest BCUT2D eigenvalue weighted by Gasteiger charge is -2.01. The van der Waals surface area contributed by atoms with Crippen LogP contribution in [0, 0.1) is 17.1 Å². The van der Waals surface area contributed by atoms with Crippen LogP contribution in [0.25, 0.3) is 0 Å². The van der Waals surface area contributed by atoms with E-state index in [-0.39, 0.29) is 12.2 Å². The van der Waals surface area contributed by atoms with Crippen molar-refractivity contribution in [2.75, 3.05) is 0 Å². The van der Waals surface area contributed by atoms with E-state index < -0.39 is 0 Å². The maximum Gasteiger partial charge on any atom is 0.226 e. The number of aromatic nitrogens is 2. The molecule has 6 heteroatoms. The number of nitriles is 1. The van der Waals surface area contributed by atoms with Gasteiger partial charge in [0.2, 0.25) is 5.89 Å². The Labute approximate surface area is 114 Å². The maximum absolute atomic E-state index is 13.6. The highest BCUT2D eigenvalue weighted by atomic mass is 35.5. The van der Waals surface area contributed by atoms with Crippen LogP contribution >= 0.6 is 11.6 Å². The van der Waals surface area contributed by atoms with Gasteiger partial charge in [0.1, 0.15) is 5.82 Å². The van der Waals surface area contributed by atoms with Gasteiger partial charge in [-0.15, -0.1) is 0 Å². The molecule has 1 aromatic carbocycles. The Hall–Kier alpha value is -1.93. The summed E-state index contributed by atoms with van der Waals surface area (Å²) in [5.41, 5.74) is 0.355. The van der Waals surface area contributed by atoms with Crippen LogP contribution in [-0.4, -0.2) is 10.1 Å². The number of unbranched alkanes of at least 4 members (excludes halogenated alkanes) is 1. The van der Waals surface area contributed by atoms with Crippen LogP contribution in [0.5, 0.6) is 0 Å². The zero-order valence-electron chi connectivity index (χ0n) is 10.1. The smallest absolute Gasteiger partial charge is 0.226 e. The van der Waals surface area contributed by atoms with E-state index in [9.17, 15) is 4.39 Å². The second kappa shape index (κ2) is 6.30. The molecule has 0 N–H and O–H groups in total. The Bertz CT molecular complexity index is 586. The highest BCUT2D eigenvalue weighted by molar-refractivity contribution is 6.31. The molecule has 0 saturated heterocycles. The number of halogens is 2. The summed E-state index contributed by atoms with van der Waals surface area (Å²) in [5.74, 6) is 0.458. The van der Waals surface area contributed by atoms with Gasteiger partial charge in [0.15, 0.2) is 5.82 Å². The van der Waals surface area contributed by atoms with Crippen molar-refractivity contribution in [3.05, 3.63) is 46.3 Å². The van der Waals surface area contributed by atoms with Crippen LogP contribution in [-0.2, 0) is 12.8 Å². The van der Waals surface area contributed by atoms with Gasteiger partial charge in [-0.05, 0) is 18.6 Å². The molecule has 19 heavy (non-hydrogen) atoms. The number of benzene rings is 1. The Morgan fingerprint density at radius 1 is 1.42 bits per heavy atom. The molecule has 2 rings (SSSR count). The predicted octanol–water partition coefficient (Wildman–Crippen LogP) is 3.30. The fourth-order valence-electron chi connectivity index (χ4n) is 1.64. The summed E-state index contributed by atoms with van der Waals surface area (Å²) in [4.78, 5) is 4.15. The molecule has 0 amide bonds. The van der Waals surface area contributed by atoms with Gasteiger partial charge in [-0.25, -0.2) is 4.39 Å². The minimum atomic E-state index is -0.386. The van der Waals surface area contributed by atoms with E-state index in [0.717, 1.165) is 0 Å². The zero-order chi connectivity index (χ0) is 13.7. The van der Waals surface area contributed by atoms with E-state index in [1.165, 1.54) is 6.07 Å². The molecule has 0 spiro atoms. The van der Waals surface area contributed by atoms with Crippen LogP contribution in [0.4, 0.5) is 4.39 Å². The molecule has 0 radical (unpaired) electrons. The van der Waals surface area contributed by atoms with Gasteiger partial charge < -0.3 is 4.52 Å². The first-order valence-electron chi connectivity index (χ1n) is 5.82. The first-order chi connectivity index (χ1) is 9.20. The average molecular weight is 280 g/mol. The summed E-state index contributed by atoms with van der Waals surface area (Å²) in [6.45, 7) is 0. The van der Waals surface area contributed by atoms with Gasteiger partial charge in [0, 0.05) is 29.8 Å². The molecule has 0 atom stereocenters. The van der Waals surface area contributed by atoms with Crippen molar-refractivity contribution in [2.24, 2.45) is 0 Å². The lowest BCUT2D eigenvalue weighted by atomic mass is 10.1. The van der Waals surface area contributed by atoms with Crippen molar-refractivity contribution in [1.29, 1.82) is 5.26 Å². The molecule has 1 aromatic heterocycles. The monoisotopic (exact) mass is 279 g/mol. The van der Waals surface area contributed by atoms with Gasteiger partial charge in [-0.3, -0.25) is 0 Å². The van der Waals surface area contributed by atoms with E-state index in [1.807, 2.05) is 6.07 Å². The molecular formula is C13H11ClFN3O. The summed E-state index contributed by atoms with van der Waals surface area (Å²) in [7, 11) is 0. The molecule has 0 saturated carbocycles. The molecule has 0 aliphatic carbocycles. The van der Waals surface area contributed by atoms with Gasteiger partial charge >= 0.3 is 0 Å². The van der Waals surface area contributed by atoms with Crippen LogP contribution in [0.3, 0.4) is 0 Å². The molecule has 0 aliphatic heterocycles. The molecule has 4 nitrogen and oxygen atoms in total. The first kappa shape index (κ1) is 13.5. The Balaban J connectivity index is 2.06. The summed E-state index contributed by atoms with van der Waals surface area (Å²) in [6.07, 6.45) is 1.84. The molecule has 0 unspecified atom stereocenters. The lowest BCUT2D eigenvalue weighted by Crippen LogP contribution is -1.96. The third kappa shape index (κ3) is 3.52. The third-order valence-corrected chi connectivity index (χ3v) is 2.94. The van der Waals surface area contributed by atoms with Gasteiger partial charge in [-0.1, -0.05) is 22.8 Å². The van der Waals surface area contributed by atoms with Crippen molar-refractivity contribution in [1.82, 2.24) is 10.1 Å². The second-order valence-electron chi connectivity index (χ2n) is 3.99. The normalized spacial score (nSPS) is 10.4. The molecule has 2 aromatic rings. The highest BCUT2D eigenvalue weighted by Gasteiger charge is 2.12. The molecule has 1 heterocycles. The standard InChI is InChI=1S/C13H11ClFN3O/c14-10-4-3-5-11(15)9(10)8-12-17-13(19-18-12)6-1-2-7-16/h3-5H,1-2,6,8H2. The molecular weight excluding hydrogens is 269 g/mol. The molecule has 0 fully saturated rings. The lowest BCUT2D eigenvalue weighted by molar-refractivity contribution is 0.371. The molecule has 0 bridgehead atoms. The highest BCUT2D eigenvalue weighted by Crippen LogP contribution is 2.21. The number of hydrogen-bond acceptors (Lipinski definition) is 4. The topological polar surface area (TPSA) is 62.7 Å². The first-order valence-corrected chi connectivity index (χ1v) is 6.20. The van der Waals surface area contributed by atoms with Crippen molar-refractivity contribution >= 4 is 11.6 Å². The fraction of sp³-hybridized carbons (Fsp3) is 0.308. The molecule has 0 aliphatic rings. The number of rotatable bonds is 5. The summed E-state index contributed by atoms with van der Waals surface area (Å²) < 4.78 is 18.6. The number of hydrogen-bond donors (Lipinski definition) is 0. The fourth-order valence-corrected chi connectivity index (χ4v) is 1.87. The Kier molecular flexibility index (Phi) is 4.48. The SMILES string of the molecule is N#CCCCc1nc(Cc2c(F)cccc2Cl)no1. The minimum Gasteiger partial charge on any atom is -0.339 e. The minimum absolute atomic E-state index is 0.188. The van der Waals surface area contributed by atoms with Gasteiger partial charge in [0.05, 0.1) is 6.07 Å². The Morgan fingerprint density at radius 3 is 3.00 bits per heavy atom. The van der Waals surface area contributed by atoms with E-state index in [2.05, 4.69) is 10.1 Å². The average Bonchev–Trinajstić information content (AvgIpc) is 2.82. The quantitative estimate of drug-likeness (QED) is 0.788. The van der Waals surface area contributed by atoms with E-state index in [4.69, 9.17) is 21.4 Å². The summed E-state index contributed by atoms with van der Waals surface area (Å²) in [6, 6.07) is 6.55. The maximum atomic E-state index is 13.6.